The zero-order valence-electron chi connectivity index (χ0n) is 13.4. The number of ether oxygens (including phenoxy) is 1. The van der Waals surface area contributed by atoms with Crippen LogP contribution in [0, 0.1) is 13.8 Å². The molecule has 2 amide bonds. The molecule has 0 unspecified atom stereocenters. The molecular weight excluding hydrogens is 312 g/mol. The molecule has 122 valence electrons. The number of nitrogens with one attached hydrogen (secondary N) is 2. The summed E-state index contributed by atoms with van der Waals surface area (Å²) in [5.41, 5.74) is 2.97. The fourth-order valence-electron chi connectivity index (χ4n) is 2.06. The van der Waals surface area contributed by atoms with Gasteiger partial charge in [-0.1, -0.05) is 35.9 Å². The lowest BCUT2D eigenvalue weighted by Gasteiger charge is -2.11. The quantitative estimate of drug-likeness (QED) is 0.762. The minimum Gasteiger partial charge on any atom is -0.492 e. The van der Waals surface area contributed by atoms with E-state index in [9.17, 15) is 4.79 Å². The highest BCUT2D eigenvalue weighted by Gasteiger charge is 2.04. The van der Waals surface area contributed by atoms with Gasteiger partial charge in [0.1, 0.15) is 5.75 Å². The van der Waals surface area contributed by atoms with Gasteiger partial charge in [-0.3, -0.25) is 0 Å². The van der Waals surface area contributed by atoms with Crippen molar-refractivity contribution in [2.75, 3.05) is 18.5 Å². The molecule has 4 nitrogen and oxygen atoms in total. The molecule has 0 atom stereocenters. The maximum atomic E-state index is 11.9. The van der Waals surface area contributed by atoms with E-state index in [0.717, 1.165) is 16.8 Å². The highest BCUT2D eigenvalue weighted by atomic mass is 35.5. The molecule has 0 bridgehead atoms. The first-order chi connectivity index (χ1) is 11.1. The Hall–Kier alpha value is -2.20. The predicted octanol–water partition coefficient (Wildman–Crippen LogP) is 4.55. The lowest BCUT2D eigenvalue weighted by molar-refractivity contribution is 0.250. The summed E-state index contributed by atoms with van der Waals surface area (Å²) < 4.78 is 5.57. The third-order valence-electron chi connectivity index (χ3n) is 3.34. The number of halogens is 1. The van der Waals surface area contributed by atoms with Gasteiger partial charge in [0, 0.05) is 12.2 Å². The highest BCUT2D eigenvalue weighted by Crippen LogP contribution is 2.23. The van der Waals surface area contributed by atoms with Crippen molar-refractivity contribution >= 4 is 23.3 Å². The summed E-state index contributed by atoms with van der Waals surface area (Å²) >= 11 is 6.00. The average Bonchev–Trinajstić information content (AvgIpc) is 2.52. The second kappa shape index (κ2) is 8.44. The molecular formula is C18H21ClN2O2. The van der Waals surface area contributed by atoms with Gasteiger partial charge >= 0.3 is 6.03 Å². The minimum absolute atomic E-state index is 0.212. The number of anilines is 1. The molecule has 0 aliphatic rings. The van der Waals surface area contributed by atoms with Crippen LogP contribution >= 0.6 is 11.6 Å². The molecule has 0 saturated carbocycles. The van der Waals surface area contributed by atoms with Crippen LogP contribution in [0.1, 0.15) is 17.5 Å². The Kier molecular flexibility index (Phi) is 6.29. The number of para-hydroxylation sites is 1. The van der Waals surface area contributed by atoms with Crippen LogP contribution in [-0.4, -0.2) is 19.2 Å². The summed E-state index contributed by atoms with van der Waals surface area (Å²) in [5, 5.41) is 6.26. The van der Waals surface area contributed by atoms with Gasteiger partial charge in [-0.05, 0) is 49.6 Å². The van der Waals surface area contributed by atoms with Crippen molar-refractivity contribution in [3.05, 3.63) is 58.6 Å². The van der Waals surface area contributed by atoms with Crippen molar-refractivity contribution in [1.82, 2.24) is 5.32 Å². The van der Waals surface area contributed by atoms with E-state index in [1.807, 2.05) is 50.2 Å². The second-order valence-electron chi connectivity index (χ2n) is 5.33. The predicted molar refractivity (Wildman–Crippen MR) is 94.5 cm³/mol. The molecule has 5 heteroatoms. The summed E-state index contributed by atoms with van der Waals surface area (Å²) in [5.74, 6) is 0.661. The fourth-order valence-corrected chi connectivity index (χ4v) is 2.25. The molecule has 0 aliphatic carbocycles. The van der Waals surface area contributed by atoms with Crippen LogP contribution in [0.5, 0.6) is 5.75 Å². The SMILES string of the molecule is Cc1ccc(C)c(NC(=O)NCCCOc2ccccc2Cl)c1. The largest absolute Gasteiger partial charge is 0.492 e. The van der Waals surface area contributed by atoms with Crippen molar-refractivity contribution in [3.8, 4) is 5.75 Å². The van der Waals surface area contributed by atoms with Crippen molar-refractivity contribution in [2.45, 2.75) is 20.3 Å². The highest BCUT2D eigenvalue weighted by molar-refractivity contribution is 6.32. The number of rotatable bonds is 6. The Morgan fingerprint density at radius 1 is 1.17 bits per heavy atom. The third kappa shape index (κ3) is 5.49. The van der Waals surface area contributed by atoms with Gasteiger partial charge in [0.2, 0.25) is 0 Å². The number of amides is 2. The molecule has 0 radical (unpaired) electrons. The van der Waals surface area contributed by atoms with E-state index in [4.69, 9.17) is 16.3 Å². The maximum Gasteiger partial charge on any atom is 0.319 e. The summed E-state index contributed by atoms with van der Waals surface area (Å²) in [6.45, 7) is 4.98. The zero-order chi connectivity index (χ0) is 16.7. The minimum atomic E-state index is -0.212. The number of urea groups is 1. The number of carbonyl (C=O) groups is 1. The molecule has 2 N–H and O–H groups in total. The molecule has 23 heavy (non-hydrogen) atoms. The van der Waals surface area contributed by atoms with Gasteiger partial charge in [0.25, 0.3) is 0 Å². The van der Waals surface area contributed by atoms with E-state index < -0.39 is 0 Å². The summed E-state index contributed by atoms with van der Waals surface area (Å²) in [6.07, 6.45) is 0.700. The van der Waals surface area contributed by atoms with Crippen LogP contribution in [0.25, 0.3) is 0 Å². The smallest absolute Gasteiger partial charge is 0.319 e. The van der Waals surface area contributed by atoms with E-state index >= 15 is 0 Å². The zero-order valence-corrected chi connectivity index (χ0v) is 14.1. The first kappa shape index (κ1) is 17.2. The molecule has 0 spiro atoms. The van der Waals surface area contributed by atoms with E-state index in [-0.39, 0.29) is 6.03 Å². The van der Waals surface area contributed by atoms with Crippen LogP contribution in [0.15, 0.2) is 42.5 Å². The van der Waals surface area contributed by atoms with E-state index in [2.05, 4.69) is 10.6 Å². The molecule has 0 aromatic heterocycles. The Morgan fingerprint density at radius 3 is 2.74 bits per heavy atom. The monoisotopic (exact) mass is 332 g/mol. The molecule has 0 fully saturated rings. The third-order valence-corrected chi connectivity index (χ3v) is 3.65. The van der Waals surface area contributed by atoms with Crippen LogP contribution in [0.4, 0.5) is 10.5 Å². The number of carbonyl (C=O) groups excluding carboxylic acids is 1. The van der Waals surface area contributed by atoms with Gasteiger partial charge in [0.15, 0.2) is 0 Å². The Labute approximate surface area is 141 Å². The van der Waals surface area contributed by atoms with Gasteiger partial charge in [-0.25, -0.2) is 4.79 Å². The second-order valence-corrected chi connectivity index (χ2v) is 5.74. The van der Waals surface area contributed by atoms with Crippen molar-refractivity contribution in [1.29, 1.82) is 0 Å². The number of hydrogen-bond acceptors (Lipinski definition) is 2. The van der Waals surface area contributed by atoms with Crippen molar-refractivity contribution in [2.24, 2.45) is 0 Å². The van der Waals surface area contributed by atoms with E-state index in [0.29, 0.717) is 30.3 Å². The topological polar surface area (TPSA) is 50.4 Å². The van der Waals surface area contributed by atoms with Gasteiger partial charge in [-0.15, -0.1) is 0 Å². The number of benzene rings is 2. The lowest BCUT2D eigenvalue weighted by atomic mass is 10.1. The van der Waals surface area contributed by atoms with Crippen LogP contribution in [0.3, 0.4) is 0 Å². The van der Waals surface area contributed by atoms with Gasteiger partial charge < -0.3 is 15.4 Å². The molecule has 0 aliphatic heterocycles. The lowest BCUT2D eigenvalue weighted by Crippen LogP contribution is -2.30. The normalized spacial score (nSPS) is 10.2. The number of aryl methyl sites for hydroxylation is 2. The summed E-state index contributed by atoms with van der Waals surface area (Å²) in [4.78, 5) is 11.9. The number of hydrogen-bond donors (Lipinski definition) is 2. The first-order valence-corrected chi connectivity index (χ1v) is 7.93. The molecule has 0 saturated heterocycles. The van der Waals surface area contributed by atoms with Gasteiger partial charge in [-0.2, -0.15) is 0 Å². The standard InChI is InChI=1S/C18H21ClN2O2/c1-13-8-9-14(2)16(12-13)21-18(22)20-10-5-11-23-17-7-4-3-6-15(17)19/h3-4,6-9,12H,5,10-11H2,1-2H3,(H2,20,21,22). The fraction of sp³-hybridized carbons (Fsp3) is 0.278. The van der Waals surface area contributed by atoms with Crippen LogP contribution < -0.4 is 15.4 Å². The Morgan fingerprint density at radius 2 is 1.96 bits per heavy atom. The Balaban J connectivity index is 1.69. The van der Waals surface area contributed by atoms with E-state index in [1.165, 1.54) is 0 Å². The molecule has 0 heterocycles. The molecule has 2 rings (SSSR count). The van der Waals surface area contributed by atoms with Crippen molar-refractivity contribution < 1.29 is 9.53 Å². The van der Waals surface area contributed by atoms with E-state index in [1.54, 1.807) is 6.07 Å². The molecule has 2 aromatic rings. The average molecular weight is 333 g/mol. The van der Waals surface area contributed by atoms with Crippen LogP contribution in [-0.2, 0) is 0 Å². The van der Waals surface area contributed by atoms with Crippen molar-refractivity contribution in [3.63, 3.8) is 0 Å². The molecule has 2 aromatic carbocycles. The first-order valence-electron chi connectivity index (χ1n) is 7.55. The summed E-state index contributed by atoms with van der Waals surface area (Å²) in [7, 11) is 0. The van der Waals surface area contributed by atoms with Crippen LogP contribution in [0.2, 0.25) is 5.02 Å². The summed E-state index contributed by atoms with van der Waals surface area (Å²) in [6, 6.07) is 13.1. The Bertz CT molecular complexity index is 674. The van der Waals surface area contributed by atoms with Gasteiger partial charge in [0.05, 0.1) is 11.6 Å². The maximum absolute atomic E-state index is 11.9.